The molecule has 0 aromatic heterocycles. The highest BCUT2D eigenvalue weighted by atomic mass is 79.9. The Balaban J connectivity index is 2.26. The van der Waals surface area contributed by atoms with Crippen LogP contribution in [0.4, 0.5) is 4.79 Å². The molecule has 0 saturated heterocycles. The van der Waals surface area contributed by atoms with Gasteiger partial charge in [0.05, 0.1) is 0 Å². The van der Waals surface area contributed by atoms with Gasteiger partial charge in [0.15, 0.2) is 0 Å². The minimum Gasteiger partial charge on any atom is -0.350 e. The van der Waals surface area contributed by atoms with E-state index in [2.05, 4.69) is 31.9 Å². The van der Waals surface area contributed by atoms with Crippen molar-refractivity contribution in [2.24, 2.45) is 0 Å². The Kier molecular flexibility index (Phi) is 6.35. The highest BCUT2D eigenvalue weighted by Gasteiger charge is 2.05. The van der Waals surface area contributed by atoms with Gasteiger partial charge in [-0.2, -0.15) is 0 Å². The molecule has 1 aromatic rings. The third-order valence-electron chi connectivity index (χ3n) is 2.20. The van der Waals surface area contributed by atoms with Gasteiger partial charge in [-0.3, -0.25) is 4.79 Å². The number of nitrogens with one attached hydrogen (secondary N) is 3. The Morgan fingerprint density at radius 3 is 2.53 bits per heavy atom. The van der Waals surface area contributed by atoms with Crippen LogP contribution in [0.2, 0.25) is 0 Å². The van der Waals surface area contributed by atoms with Crippen molar-refractivity contribution in [3.05, 3.63) is 34.3 Å². The predicted octanol–water partition coefficient (Wildman–Crippen LogP) is 1.89. The van der Waals surface area contributed by atoms with E-state index in [1.165, 1.54) is 0 Å². The number of rotatable bonds is 5. The molecule has 3 N–H and O–H groups in total. The highest BCUT2D eigenvalue weighted by molar-refractivity contribution is 9.10. The summed E-state index contributed by atoms with van der Waals surface area (Å²) in [4.78, 5) is 23.0. The molecule has 5 nitrogen and oxygen atoms in total. The number of carbonyl (C=O) groups is 2. The lowest BCUT2D eigenvalue weighted by atomic mass is 10.2. The number of halogens is 1. The van der Waals surface area contributed by atoms with Crippen LogP contribution in [0, 0.1) is 0 Å². The molecule has 0 atom stereocenters. The molecule has 0 radical (unpaired) electrons. The standard InChI is InChI=1S/C13H18BrN3O2/c1-9(2)17-13(19)16-7-6-15-12(18)10-4-3-5-11(14)8-10/h3-5,8-9H,6-7H2,1-2H3,(H,15,18)(H2,16,17,19). The molecule has 0 aliphatic carbocycles. The lowest BCUT2D eigenvalue weighted by Gasteiger charge is -2.10. The summed E-state index contributed by atoms with van der Waals surface area (Å²) >= 11 is 3.31. The van der Waals surface area contributed by atoms with Crippen molar-refractivity contribution < 1.29 is 9.59 Å². The van der Waals surface area contributed by atoms with Crippen LogP contribution in [0.1, 0.15) is 24.2 Å². The van der Waals surface area contributed by atoms with Gasteiger partial charge in [-0.1, -0.05) is 22.0 Å². The number of amides is 3. The number of carbonyl (C=O) groups excluding carboxylic acids is 2. The Hall–Kier alpha value is -1.56. The van der Waals surface area contributed by atoms with Crippen LogP contribution in [-0.4, -0.2) is 31.1 Å². The molecular formula is C13H18BrN3O2. The molecule has 0 aliphatic heterocycles. The fraction of sp³-hybridized carbons (Fsp3) is 0.385. The number of benzene rings is 1. The van der Waals surface area contributed by atoms with Crippen molar-refractivity contribution in [2.75, 3.05) is 13.1 Å². The van der Waals surface area contributed by atoms with Crippen molar-refractivity contribution in [1.29, 1.82) is 0 Å². The van der Waals surface area contributed by atoms with Crippen molar-refractivity contribution in [2.45, 2.75) is 19.9 Å². The summed E-state index contributed by atoms with van der Waals surface area (Å²) < 4.78 is 0.856. The Bertz CT molecular complexity index is 449. The van der Waals surface area contributed by atoms with Gasteiger partial charge in [-0.05, 0) is 32.0 Å². The third-order valence-corrected chi connectivity index (χ3v) is 2.70. The number of urea groups is 1. The maximum absolute atomic E-state index is 11.8. The second-order valence-corrected chi connectivity index (χ2v) is 5.24. The van der Waals surface area contributed by atoms with E-state index in [1.807, 2.05) is 19.9 Å². The smallest absolute Gasteiger partial charge is 0.315 e. The molecule has 19 heavy (non-hydrogen) atoms. The van der Waals surface area contributed by atoms with Crippen LogP contribution >= 0.6 is 15.9 Å². The first kappa shape index (κ1) is 15.5. The first-order chi connectivity index (χ1) is 8.99. The van der Waals surface area contributed by atoms with Gasteiger partial charge in [-0.15, -0.1) is 0 Å². The molecule has 104 valence electrons. The van der Waals surface area contributed by atoms with Crippen molar-refractivity contribution in [1.82, 2.24) is 16.0 Å². The fourth-order valence-electron chi connectivity index (χ4n) is 1.40. The summed E-state index contributed by atoms with van der Waals surface area (Å²) in [6.45, 7) is 4.54. The molecule has 1 rings (SSSR count). The van der Waals surface area contributed by atoms with Crippen molar-refractivity contribution in [3.8, 4) is 0 Å². The lowest BCUT2D eigenvalue weighted by Crippen LogP contribution is -2.42. The number of hydrogen-bond donors (Lipinski definition) is 3. The zero-order valence-electron chi connectivity index (χ0n) is 11.0. The Labute approximate surface area is 121 Å². The fourth-order valence-corrected chi connectivity index (χ4v) is 1.80. The summed E-state index contributed by atoms with van der Waals surface area (Å²) in [6, 6.07) is 7.00. The summed E-state index contributed by atoms with van der Waals surface area (Å²) in [5.41, 5.74) is 0.584. The van der Waals surface area contributed by atoms with Gasteiger partial charge in [-0.25, -0.2) is 4.79 Å². The van der Waals surface area contributed by atoms with E-state index in [-0.39, 0.29) is 18.0 Å². The second-order valence-electron chi connectivity index (χ2n) is 4.32. The monoisotopic (exact) mass is 327 g/mol. The SMILES string of the molecule is CC(C)NC(=O)NCCNC(=O)c1cccc(Br)c1. The topological polar surface area (TPSA) is 70.2 Å². The van der Waals surface area contributed by atoms with E-state index < -0.39 is 0 Å². The summed E-state index contributed by atoms with van der Waals surface area (Å²) in [6.07, 6.45) is 0. The lowest BCUT2D eigenvalue weighted by molar-refractivity contribution is 0.0953. The summed E-state index contributed by atoms with van der Waals surface area (Å²) in [7, 11) is 0. The van der Waals surface area contributed by atoms with Gasteiger partial charge < -0.3 is 16.0 Å². The van der Waals surface area contributed by atoms with E-state index in [0.29, 0.717) is 18.7 Å². The quantitative estimate of drug-likeness (QED) is 0.723. The van der Waals surface area contributed by atoms with Crippen LogP contribution in [-0.2, 0) is 0 Å². The van der Waals surface area contributed by atoms with Crippen LogP contribution in [0.5, 0.6) is 0 Å². The maximum Gasteiger partial charge on any atom is 0.315 e. The van der Waals surface area contributed by atoms with Gasteiger partial charge in [0.25, 0.3) is 5.91 Å². The largest absolute Gasteiger partial charge is 0.350 e. The molecule has 0 aliphatic rings. The van der Waals surface area contributed by atoms with Crippen LogP contribution in [0.25, 0.3) is 0 Å². The zero-order valence-corrected chi connectivity index (χ0v) is 12.6. The van der Waals surface area contributed by atoms with Gasteiger partial charge in [0.2, 0.25) is 0 Å². The highest BCUT2D eigenvalue weighted by Crippen LogP contribution is 2.11. The van der Waals surface area contributed by atoms with Crippen LogP contribution in [0.15, 0.2) is 28.7 Å². The summed E-state index contributed by atoms with van der Waals surface area (Å²) in [5, 5.41) is 8.09. The number of hydrogen-bond acceptors (Lipinski definition) is 2. The van der Waals surface area contributed by atoms with Gasteiger partial charge >= 0.3 is 6.03 Å². The molecule has 0 fully saturated rings. The van der Waals surface area contributed by atoms with E-state index in [4.69, 9.17) is 0 Å². The minimum atomic E-state index is -0.230. The molecule has 0 unspecified atom stereocenters. The molecular weight excluding hydrogens is 310 g/mol. The summed E-state index contributed by atoms with van der Waals surface area (Å²) in [5.74, 6) is -0.160. The van der Waals surface area contributed by atoms with E-state index in [0.717, 1.165) is 4.47 Å². The van der Waals surface area contributed by atoms with E-state index in [9.17, 15) is 9.59 Å². The Morgan fingerprint density at radius 1 is 1.21 bits per heavy atom. The third kappa shape index (κ3) is 6.24. The van der Waals surface area contributed by atoms with Crippen LogP contribution < -0.4 is 16.0 Å². The molecule has 0 bridgehead atoms. The average molecular weight is 328 g/mol. The molecule has 0 spiro atoms. The zero-order chi connectivity index (χ0) is 14.3. The second kappa shape index (κ2) is 7.78. The minimum absolute atomic E-state index is 0.0938. The predicted molar refractivity (Wildman–Crippen MR) is 78.1 cm³/mol. The first-order valence-electron chi connectivity index (χ1n) is 6.07. The molecule has 6 heteroatoms. The molecule has 3 amide bonds. The van der Waals surface area contributed by atoms with Gasteiger partial charge in [0, 0.05) is 29.2 Å². The normalized spacial score (nSPS) is 10.1. The molecule has 0 saturated carbocycles. The average Bonchev–Trinajstić information content (AvgIpc) is 2.33. The van der Waals surface area contributed by atoms with Crippen molar-refractivity contribution >= 4 is 27.9 Å². The molecule has 1 aromatic carbocycles. The van der Waals surface area contributed by atoms with E-state index >= 15 is 0 Å². The van der Waals surface area contributed by atoms with E-state index in [1.54, 1.807) is 18.2 Å². The molecule has 0 heterocycles. The van der Waals surface area contributed by atoms with Gasteiger partial charge in [0.1, 0.15) is 0 Å². The van der Waals surface area contributed by atoms with Crippen LogP contribution in [0.3, 0.4) is 0 Å². The Morgan fingerprint density at radius 2 is 1.89 bits per heavy atom. The maximum atomic E-state index is 11.8. The first-order valence-corrected chi connectivity index (χ1v) is 6.86. The van der Waals surface area contributed by atoms with Crippen molar-refractivity contribution in [3.63, 3.8) is 0 Å².